The average molecular weight is 500 g/mol. The summed E-state index contributed by atoms with van der Waals surface area (Å²) in [5.41, 5.74) is 3.94. The van der Waals surface area contributed by atoms with Gasteiger partial charge in [0, 0.05) is 53.2 Å². The molecule has 0 unspecified atom stereocenters. The van der Waals surface area contributed by atoms with Crippen molar-refractivity contribution in [1.29, 1.82) is 0 Å². The Hall–Kier alpha value is -4.92. The maximum absolute atomic E-state index is 5.00. The van der Waals surface area contributed by atoms with Crippen molar-refractivity contribution in [3.05, 3.63) is 91.9 Å². The number of hydrogen-bond acceptors (Lipinski definition) is 6. The van der Waals surface area contributed by atoms with E-state index in [1.54, 1.807) is 18.7 Å². The molecular formula is C29H25N9. The Bertz CT molecular complexity index is 1940. The first kappa shape index (κ1) is 22.3. The number of fused-ring (bicyclic) bond motifs is 5. The quantitative estimate of drug-likeness (QED) is 0.319. The molecule has 0 aliphatic rings. The van der Waals surface area contributed by atoms with Gasteiger partial charge in [0.1, 0.15) is 24.3 Å². The molecule has 7 rings (SSSR count). The number of pyridine rings is 2. The predicted octanol–water partition coefficient (Wildman–Crippen LogP) is 5.48. The van der Waals surface area contributed by atoms with Crippen LogP contribution in [0, 0.1) is 5.41 Å². The molecule has 6 aromatic heterocycles. The maximum atomic E-state index is 5.00. The van der Waals surface area contributed by atoms with E-state index in [2.05, 4.69) is 52.4 Å². The zero-order valence-electron chi connectivity index (χ0n) is 21.3. The van der Waals surface area contributed by atoms with Crippen molar-refractivity contribution < 1.29 is 0 Å². The van der Waals surface area contributed by atoms with Gasteiger partial charge in [-0.1, -0.05) is 45.0 Å². The van der Waals surface area contributed by atoms with Crippen LogP contribution in [0.15, 0.2) is 86.2 Å². The van der Waals surface area contributed by atoms with E-state index >= 15 is 0 Å². The summed E-state index contributed by atoms with van der Waals surface area (Å²) in [6.07, 6.45) is 15.6. The molecule has 0 spiro atoms. The summed E-state index contributed by atoms with van der Waals surface area (Å²) in [6, 6.07) is 12.3. The van der Waals surface area contributed by atoms with Crippen molar-refractivity contribution >= 4 is 32.7 Å². The third kappa shape index (κ3) is 3.71. The van der Waals surface area contributed by atoms with Crippen LogP contribution >= 0.6 is 0 Å². The molecule has 7 aromatic rings. The van der Waals surface area contributed by atoms with Crippen molar-refractivity contribution in [1.82, 2.24) is 43.6 Å². The summed E-state index contributed by atoms with van der Waals surface area (Å²) in [4.78, 5) is 28.1. The van der Waals surface area contributed by atoms with E-state index in [0.29, 0.717) is 17.6 Å². The van der Waals surface area contributed by atoms with Gasteiger partial charge in [0.15, 0.2) is 0 Å². The normalized spacial score (nSPS) is 12.2. The van der Waals surface area contributed by atoms with Crippen LogP contribution in [0.1, 0.15) is 26.5 Å². The predicted molar refractivity (Wildman–Crippen MR) is 147 cm³/mol. The first-order valence-electron chi connectivity index (χ1n) is 12.5. The summed E-state index contributed by atoms with van der Waals surface area (Å²) < 4.78 is 5.89. The summed E-state index contributed by atoms with van der Waals surface area (Å²) in [6.45, 7) is 6.63. The van der Waals surface area contributed by atoms with Gasteiger partial charge in [-0.2, -0.15) is 9.97 Å². The van der Waals surface area contributed by atoms with E-state index < -0.39 is 0 Å². The Kier molecular flexibility index (Phi) is 4.87. The summed E-state index contributed by atoms with van der Waals surface area (Å²) in [5.74, 6) is 1.92. The fourth-order valence-electron chi connectivity index (χ4n) is 4.97. The monoisotopic (exact) mass is 499 g/mol. The van der Waals surface area contributed by atoms with Crippen LogP contribution in [0.2, 0.25) is 0 Å². The Morgan fingerprint density at radius 3 is 2.53 bits per heavy atom. The van der Waals surface area contributed by atoms with Gasteiger partial charge in [-0.3, -0.25) is 23.7 Å². The molecule has 38 heavy (non-hydrogen) atoms. The molecule has 0 radical (unpaired) electrons. The largest absolute Gasteiger partial charge is 0.290 e. The van der Waals surface area contributed by atoms with Crippen LogP contribution in [-0.2, 0) is 6.42 Å². The lowest BCUT2D eigenvalue weighted by Crippen LogP contribution is -2.10. The highest BCUT2D eigenvalue weighted by Gasteiger charge is 2.20. The number of aromatic nitrogens is 9. The topological polar surface area (TPSA) is 92.1 Å². The average Bonchev–Trinajstić information content (AvgIpc) is 3.67. The smallest absolute Gasteiger partial charge is 0.238 e. The summed E-state index contributed by atoms with van der Waals surface area (Å²) in [7, 11) is 0. The van der Waals surface area contributed by atoms with Gasteiger partial charge in [-0.25, -0.2) is 9.97 Å². The molecule has 9 nitrogen and oxygen atoms in total. The second-order valence-corrected chi connectivity index (χ2v) is 10.6. The Morgan fingerprint density at radius 2 is 1.68 bits per heavy atom. The van der Waals surface area contributed by atoms with Crippen LogP contribution in [0.4, 0.5) is 0 Å². The molecule has 186 valence electrons. The van der Waals surface area contributed by atoms with Gasteiger partial charge in [0.05, 0.1) is 28.4 Å². The highest BCUT2D eigenvalue weighted by atomic mass is 15.2. The van der Waals surface area contributed by atoms with Gasteiger partial charge in [-0.15, -0.1) is 0 Å². The van der Waals surface area contributed by atoms with Crippen LogP contribution in [0.3, 0.4) is 0 Å². The number of benzene rings is 1. The van der Waals surface area contributed by atoms with Gasteiger partial charge >= 0.3 is 0 Å². The van der Waals surface area contributed by atoms with Gasteiger partial charge in [0.25, 0.3) is 0 Å². The lowest BCUT2D eigenvalue weighted by atomic mass is 9.91. The summed E-state index contributed by atoms with van der Waals surface area (Å²) >= 11 is 0. The van der Waals surface area contributed by atoms with Crippen LogP contribution in [-0.4, -0.2) is 43.6 Å². The minimum Gasteiger partial charge on any atom is -0.290 e. The van der Waals surface area contributed by atoms with E-state index in [1.165, 1.54) is 0 Å². The second kappa shape index (κ2) is 8.31. The molecule has 6 heterocycles. The Labute approximate surface area is 218 Å². The Balaban J connectivity index is 1.53. The van der Waals surface area contributed by atoms with Crippen molar-refractivity contribution in [3.63, 3.8) is 0 Å². The van der Waals surface area contributed by atoms with E-state index in [0.717, 1.165) is 44.8 Å². The van der Waals surface area contributed by atoms with E-state index in [-0.39, 0.29) is 5.41 Å². The highest BCUT2D eigenvalue weighted by molar-refractivity contribution is 6.16. The van der Waals surface area contributed by atoms with Gasteiger partial charge < -0.3 is 0 Å². The minimum absolute atomic E-state index is 0.127. The molecule has 1 aromatic carbocycles. The van der Waals surface area contributed by atoms with Crippen molar-refractivity contribution in [3.8, 4) is 17.6 Å². The SMILES string of the molecule is CC(C)(C)Cc1cn(-c2cc(-n3c4cnccc4c4ncc5ccccc5c43)nc(-n3ccnc3)n2)cn1. The van der Waals surface area contributed by atoms with Crippen LogP contribution < -0.4 is 0 Å². The summed E-state index contributed by atoms with van der Waals surface area (Å²) in [5, 5.41) is 3.16. The lowest BCUT2D eigenvalue weighted by Gasteiger charge is -2.15. The maximum Gasteiger partial charge on any atom is 0.238 e. The van der Waals surface area contributed by atoms with E-state index in [9.17, 15) is 0 Å². The van der Waals surface area contributed by atoms with Crippen LogP contribution in [0.25, 0.3) is 50.3 Å². The highest BCUT2D eigenvalue weighted by Crippen LogP contribution is 2.34. The first-order chi connectivity index (χ1) is 18.4. The molecule has 0 saturated heterocycles. The zero-order chi connectivity index (χ0) is 25.9. The zero-order valence-corrected chi connectivity index (χ0v) is 21.3. The lowest BCUT2D eigenvalue weighted by molar-refractivity contribution is 0.407. The Morgan fingerprint density at radius 1 is 0.816 bits per heavy atom. The third-order valence-electron chi connectivity index (χ3n) is 6.56. The molecule has 0 fully saturated rings. The number of hydrogen-bond donors (Lipinski definition) is 0. The van der Waals surface area contributed by atoms with E-state index in [4.69, 9.17) is 15.0 Å². The molecule has 0 aliphatic heterocycles. The fourth-order valence-corrected chi connectivity index (χ4v) is 4.97. The number of rotatable bonds is 4. The molecule has 0 saturated carbocycles. The molecular weight excluding hydrogens is 474 g/mol. The standard InChI is InChI=1S/C29H25N9/c1-29(2,3)13-20-16-37(18-33-20)24-12-25(35-28(34-24)36-11-10-31-17-36)38-23-15-30-9-8-22(23)26-27(38)21-7-5-4-6-19(21)14-32-26/h4-12,14-18H,13H2,1-3H3. The van der Waals surface area contributed by atoms with E-state index in [1.807, 2.05) is 64.5 Å². The fraction of sp³-hybridized carbons (Fsp3) is 0.172. The van der Waals surface area contributed by atoms with Gasteiger partial charge in [0.2, 0.25) is 5.95 Å². The van der Waals surface area contributed by atoms with Crippen LogP contribution in [0.5, 0.6) is 0 Å². The second-order valence-electron chi connectivity index (χ2n) is 10.6. The number of nitrogens with zero attached hydrogens (tertiary/aromatic N) is 9. The minimum atomic E-state index is 0.127. The molecule has 0 amide bonds. The third-order valence-corrected chi connectivity index (χ3v) is 6.56. The molecule has 0 aliphatic carbocycles. The first-order valence-corrected chi connectivity index (χ1v) is 12.5. The van der Waals surface area contributed by atoms with Crippen molar-refractivity contribution in [2.24, 2.45) is 5.41 Å². The molecule has 0 N–H and O–H groups in total. The molecule has 9 heteroatoms. The molecule has 0 atom stereocenters. The van der Waals surface area contributed by atoms with Crippen molar-refractivity contribution in [2.75, 3.05) is 0 Å². The van der Waals surface area contributed by atoms with Gasteiger partial charge in [-0.05, 0) is 17.9 Å². The molecule has 0 bridgehead atoms. The number of imidazole rings is 2. The van der Waals surface area contributed by atoms with Crippen molar-refractivity contribution in [2.45, 2.75) is 27.2 Å².